The molecule has 1 saturated carbocycles. The number of carbonyl (C=O) groups is 1. The second-order valence-electron chi connectivity index (χ2n) is 6.03. The van der Waals surface area contributed by atoms with Crippen molar-refractivity contribution >= 4 is 17.7 Å². The van der Waals surface area contributed by atoms with Crippen molar-refractivity contribution in [1.29, 1.82) is 0 Å². The van der Waals surface area contributed by atoms with Gasteiger partial charge in [0.1, 0.15) is 11.5 Å². The smallest absolute Gasteiger partial charge is 0.271 e. The Morgan fingerprint density at radius 3 is 2.29 bits per heavy atom. The van der Waals surface area contributed by atoms with Gasteiger partial charge in [0.05, 0.1) is 12.4 Å². The average molecular weight is 325 g/mol. The predicted octanol–water partition coefficient (Wildman–Crippen LogP) is 0.485. The molecule has 0 atom stereocenters. The van der Waals surface area contributed by atoms with Gasteiger partial charge in [-0.2, -0.15) is 0 Å². The quantitative estimate of drug-likeness (QED) is 0.875. The second kappa shape index (κ2) is 6.38. The lowest BCUT2D eigenvalue weighted by Crippen LogP contribution is -2.47. The molecule has 124 valence electrons. The highest BCUT2D eigenvalue weighted by Crippen LogP contribution is 2.19. The molecule has 0 bridgehead atoms. The Bertz CT molecular complexity index is 694. The molecule has 1 N–H and O–H groups in total. The van der Waals surface area contributed by atoms with Gasteiger partial charge < -0.3 is 15.1 Å². The van der Waals surface area contributed by atoms with Crippen molar-refractivity contribution in [3.63, 3.8) is 0 Å². The molecule has 0 aromatic carbocycles. The van der Waals surface area contributed by atoms with Crippen molar-refractivity contribution in [2.75, 3.05) is 36.0 Å². The van der Waals surface area contributed by atoms with E-state index in [2.05, 4.69) is 35.1 Å². The maximum Gasteiger partial charge on any atom is 0.271 e. The topological polar surface area (TPSA) is 87.1 Å². The van der Waals surface area contributed by atoms with Crippen LogP contribution in [-0.4, -0.2) is 58.1 Å². The van der Waals surface area contributed by atoms with Crippen LogP contribution in [0.25, 0.3) is 0 Å². The number of nitrogens with zero attached hydrogens (tertiary/aromatic N) is 6. The number of hydrogen-bond acceptors (Lipinski definition) is 7. The number of nitrogens with one attached hydrogen (secondary N) is 1. The number of aromatic nitrogens is 4. The minimum absolute atomic E-state index is 0.136. The van der Waals surface area contributed by atoms with Crippen molar-refractivity contribution in [3.8, 4) is 0 Å². The first kappa shape index (κ1) is 14.8. The zero-order valence-electron chi connectivity index (χ0n) is 13.3. The van der Waals surface area contributed by atoms with Crippen LogP contribution in [-0.2, 0) is 0 Å². The molecule has 3 heterocycles. The van der Waals surface area contributed by atoms with E-state index in [-0.39, 0.29) is 5.91 Å². The summed E-state index contributed by atoms with van der Waals surface area (Å²) in [6.45, 7) is 3.30. The Kier molecular flexibility index (Phi) is 3.94. The zero-order valence-corrected chi connectivity index (χ0v) is 13.3. The summed E-state index contributed by atoms with van der Waals surface area (Å²) in [5.41, 5.74) is 0.377. The van der Waals surface area contributed by atoms with Crippen LogP contribution in [0.3, 0.4) is 0 Å². The van der Waals surface area contributed by atoms with Crippen LogP contribution in [0.2, 0.25) is 0 Å². The normalized spacial score (nSPS) is 17.7. The maximum absolute atomic E-state index is 11.9. The molecule has 2 aliphatic rings. The van der Waals surface area contributed by atoms with Crippen molar-refractivity contribution in [2.45, 2.75) is 18.9 Å². The summed E-state index contributed by atoms with van der Waals surface area (Å²) in [6, 6.07) is 2.14. The molecule has 0 unspecified atom stereocenters. The lowest BCUT2D eigenvalue weighted by Gasteiger charge is -2.35. The van der Waals surface area contributed by atoms with E-state index < -0.39 is 0 Å². The van der Waals surface area contributed by atoms with Crippen LogP contribution in [0.5, 0.6) is 0 Å². The van der Waals surface area contributed by atoms with Gasteiger partial charge in [-0.1, -0.05) is 0 Å². The number of rotatable bonds is 4. The third-order valence-corrected chi connectivity index (χ3v) is 4.22. The minimum atomic E-state index is -0.136. The average Bonchev–Trinajstić information content (AvgIpc) is 3.47. The highest BCUT2D eigenvalue weighted by atomic mass is 16.2. The van der Waals surface area contributed by atoms with Crippen molar-refractivity contribution < 1.29 is 4.79 Å². The lowest BCUT2D eigenvalue weighted by atomic mass is 10.3. The molecule has 0 radical (unpaired) electrons. The maximum atomic E-state index is 11.9. The number of amides is 1. The minimum Gasteiger partial charge on any atom is -0.352 e. The molecule has 1 aliphatic heterocycles. The summed E-state index contributed by atoms with van der Waals surface area (Å²) in [6.07, 6.45) is 8.87. The van der Waals surface area contributed by atoms with Gasteiger partial charge >= 0.3 is 0 Å². The predicted molar refractivity (Wildman–Crippen MR) is 89.0 cm³/mol. The van der Waals surface area contributed by atoms with Crippen molar-refractivity contribution in [2.24, 2.45) is 0 Å². The molecular formula is C16H19N7O. The molecule has 4 rings (SSSR count). The molecule has 0 spiro atoms. The van der Waals surface area contributed by atoms with Gasteiger partial charge in [-0.25, -0.2) is 19.9 Å². The van der Waals surface area contributed by atoms with Gasteiger partial charge in [-0.15, -0.1) is 0 Å². The van der Waals surface area contributed by atoms with Crippen molar-refractivity contribution in [1.82, 2.24) is 25.3 Å². The largest absolute Gasteiger partial charge is 0.352 e. The summed E-state index contributed by atoms with van der Waals surface area (Å²) < 4.78 is 0. The fourth-order valence-corrected chi connectivity index (χ4v) is 2.68. The molecule has 1 saturated heterocycles. The molecule has 1 aliphatic carbocycles. The third-order valence-electron chi connectivity index (χ3n) is 4.22. The fraction of sp³-hybridized carbons (Fsp3) is 0.438. The fourth-order valence-electron chi connectivity index (χ4n) is 2.68. The van der Waals surface area contributed by atoms with Gasteiger partial charge in [0.2, 0.25) is 5.95 Å². The number of anilines is 2. The standard InChI is InChI=1S/C16H19N7O/c24-15(21-12-2-3-12)13-10-20-14(11-19-13)22-6-8-23(9-7-22)16-17-4-1-5-18-16/h1,4-5,10-12H,2-3,6-9H2,(H,21,24). The van der Waals surface area contributed by atoms with E-state index in [1.807, 2.05) is 6.07 Å². The molecule has 1 amide bonds. The van der Waals surface area contributed by atoms with Crippen molar-refractivity contribution in [3.05, 3.63) is 36.5 Å². The zero-order chi connectivity index (χ0) is 16.4. The first-order valence-corrected chi connectivity index (χ1v) is 8.19. The van der Waals surface area contributed by atoms with E-state index in [1.165, 1.54) is 0 Å². The molecule has 2 aromatic rings. The molecule has 8 nitrogen and oxygen atoms in total. The Hall–Kier alpha value is -2.77. The summed E-state index contributed by atoms with van der Waals surface area (Å²) in [5, 5.41) is 2.92. The van der Waals surface area contributed by atoms with Gasteiger partial charge in [0.25, 0.3) is 5.91 Å². The lowest BCUT2D eigenvalue weighted by molar-refractivity contribution is 0.0945. The Morgan fingerprint density at radius 1 is 0.958 bits per heavy atom. The first-order valence-electron chi connectivity index (χ1n) is 8.19. The summed E-state index contributed by atoms with van der Waals surface area (Å²) in [4.78, 5) is 33.5. The number of piperazine rings is 1. The van der Waals surface area contributed by atoms with E-state index in [1.54, 1.807) is 24.8 Å². The van der Waals surface area contributed by atoms with Crippen LogP contribution < -0.4 is 15.1 Å². The number of hydrogen-bond donors (Lipinski definition) is 1. The van der Waals surface area contributed by atoms with Crippen LogP contribution in [0, 0.1) is 0 Å². The molecule has 2 aromatic heterocycles. The SMILES string of the molecule is O=C(NC1CC1)c1cnc(N2CCN(c3ncccn3)CC2)cn1. The van der Waals surface area contributed by atoms with Crippen LogP contribution >= 0.6 is 0 Å². The molecule has 8 heteroatoms. The molecular weight excluding hydrogens is 306 g/mol. The first-order chi connectivity index (χ1) is 11.8. The van der Waals surface area contributed by atoms with Crippen LogP contribution in [0.1, 0.15) is 23.3 Å². The van der Waals surface area contributed by atoms with Gasteiger partial charge in [-0.3, -0.25) is 4.79 Å². The Balaban J connectivity index is 1.36. The monoisotopic (exact) mass is 325 g/mol. The van der Waals surface area contributed by atoms with E-state index in [9.17, 15) is 4.79 Å². The van der Waals surface area contributed by atoms with E-state index in [0.717, 1.165) is 50.8 Å². The third kappa shape index (κ3) is 3.27. The Labute approximate surface area is 140 Å². The summed E-state index contributed by atoms with van der Waals surface area (Å²) >= 11 is 0. The van der Waals surface area contributed by atoms with E-state index in [4.69, 9.17) is 0 Å². The van der Waals surface area contributed by atoms with Crippen LogP contribution in [0.4, 0.5) is 11.8 Å². The van der Waals surface area contributed by atoms with Gasteiger partial charge in [-0.05, 0) is 18.9 Å². The highest BCUT2D eigenvalue weighted by molar-refractivity contribution is 5.92. The van der Waals surface area contributed by atoms with E-state index in [0.29, 0.717) is 11.7 Å². The molecule has 2 fully saturated rings. The number of carbonyl (C=O) groups excluding carboxylic acids is 1. The van der Waals surface area contributed by atoms with Crippen LogP contribution in [0.15, 0.2) is 30.9 Å². The highest BCUT2D eigenvalue weighted by Gasteiger charge is 2.25. The second-order valence-corrected chi connectivity index (χ2v) is 6.03. The van der Waals surface area contributed by atoms with Gasteiger partial charge in [0, 0.05) is 44.6 Å². The Morgan fingerprint density at radius 2 is 1.67 bits per heavy atom. The van der Waals surface area contributed by atoms with Gasteiger partial charge in [0.15, 0.2) is 0 Å². The van der Waals surface area contributed by atoms with E-state index >= 15 is 0 Å². The summed E-state index contributed by atoms with van der Waals surface area (Å²) in [7, 11) is 0. The molecule has 24 heavy (non-hydrogen) atoms. The summed E-state index contributed by atoms with van der Waals surface area (Å²) in [5.74, 6) is 1.42.